The number of benzene rings is 1. The lowest BCUT2D eigenvalue weighted by Gasteiger charge is -2.14. The third kappa shape index (κ3) is 3.85. The molecule has 5 heteroatoms. The zero-order valence-electron chi connectivity index (χ0n) is 11.7. The summed E-state index contributed by atoms with van der Waals surface area (Å²) in [5.74, 6) is 0.829. The molecule has 2 aromatic rings. The molecule has 1 unspecified atom stereocenters. The number of aryl methyl sites for hydroxylation is 1. The van der Waals surface area contributed by atoms with Crippen LogP contribution in [0.2, 0.25) is 0 Å². The van der Waals surface area contributed by atoms with Crippen LogP contribution in [-0.2, 0) is 6.54 Å². The van der Waals surface area contributed by atoms with Crippen LogP contribution in [0.1, 0.15) is 28.3 Å². The van der Waals surface area contributed by atoms with E-state index in [2.05, 4.69) is 75.3 Å². The fourth-order valence-electron chi connectivity index (χ4n) is 1.97. The number of hydrogen-bond donors (Lipinski definition) is 1. The summed E-state index contributed by atoms with van der Waals surface area (Å²) in [5.41, 5.74) is 1.21. The van der Waals surface area contributed by atoms with Crippen molar-refractivity contribution in [3.05, 3.63) is 48.5 Å². The zero-order chi connectivity index (χ0) is 14.7. The van der Waals surface area contributed by atoms with Crippen molar-refractivity contribution in [3.63, 3.8) is 0 Å². The maximum atomic E-state index is 5.32. The molecule has 1 aromatic heterocycles. The number of hydrogen-bond acceptors (Lipinski definition) is 3. The lowest BCUT2D eigenvalue weighted by molar-refractivity contribution is 0.409. The molecule has 1 aromatic carbocycles. The predicted octanol–water partition coefficient (Wildman–Crippen LogP) is 5.44. The average Bonchev–Trinajstić information content (AvgIpc) is 2.82. The van der Waals surface area contributed by atoms with Gasteiger partial charge in [0.2, 0.25) is 0 Å². The van der Waals surface area contributed by atoms with Crippen LogP contribution in [0.5, 0.6) is 5.75 Å². The maximum absolute atomic E-state index is 5.32. The zero-order valence-corrected chi connectivity index (χ0v) is 15.7. The first-order chi connectivity index (χ1) is 9.51. The van der Waals surface area contributed by atoms with Gasteiger partial charge in [-0.3, -0.25) is 0 Å². The number of thiophene rings is 1. The summed E-state index contributed by atoms with van der Waals surface area (Å²) in [6, 6.07) is 8.88. The van der Waals surface area contributed by atoms with Gasteiger partial charge in [-0.15, -0.1) is 11.3 Å². The van der Waals surface area contributed by atoms with Crippen molar-refractivity contribution in [3.8, 4) is 5.75 Å². The van der Waals surface area contributed by atoms with Crippen LogP contribution in [0, 0.1) is 6.92 Å². The van der Waals surface area contributed by atoms with Gasteiger partial charge in [0.15, 0.2) is 0 Å². The first-order valence-corrected chi connectivity index (χ1v) is 8.73. The van der Waals surface area contributed by atoms with Crippen molar-refractivity contribution in [1.82, 2.24) is 5.32 Å². The van der Waals surface area contributed by atoms with Crippen molar-refractivity contribution >= 4 is 43.2 Å². The molecule has 0 radical (unpaired) electrons. The lowest BCUT2D eigenvalue weighted by atomic mass is 10.2. The van der Waals surface area contributed by atoms with Gasteiger partial charge in [-0.1, -0.05) is 0 Å². The minimum atomic E-state index is 0.355. The number of nitrogens with one attached hydrogen (secondary N) is 1. The van der Waals surface area contributed by atoms with Crippen LogP contribution < -0.4 is 10.1 Å². The first kappa shape index (κ1) is 16.0. The molecule has 0 aliphatic carbocycles. The molecule has 0 aliphatic heterocycles. The standard InChI is InChI=1S/C15H17Br2NOS/c1-9-4-5-14(20-9)10(2)18-8-11-6-12(16)15(19-3)13(17)7-11/h4-7,10,18H,8H2,1-3H3. The minimum absolute atomic E-state index is 0.355. The van der Waals surface area contributed by atoms with Crippen LogP contribution in [0.3, 0.4) is 0 Å². The van der Waals surface area contributed by atoms with Crippen molar-refractivity contribution in [1.29, 1.82) is 0 Å². The highest BCUT2D eigenvalue weighted by molar-refractivity contribution is 9.11. The van der Waals surface area contributed by atoms with E-state index >= 15 is 0 Å². The third-order valence-corrected chi connectivity index (χ3v) is 5.42. The van der Waals surface area contributed by atoms with Crippen LogP contribution in [0.4, 0.5) is 0 Å². The average molecular weight is 419 g/mol. The number of halogens is 2. The minimum Gasteiger partial charge on any atom is -0.494 e. The molecule has 0 aliphatic rings. The number of rotatable bonds is 5. The van der Waals surface area contributed by atoms with Crippen LogP contribution in [0.15, 0.2) is 33.2 Å². The Morgan fingerprint density at radius 3 is 2.40 bits per heavy atom. The van der Waals surface area contributed by atoms with Crippen molar-refractivity contribution in [2.75, 3.05) is 7.11 Å². The second kappa shape index (κ2) is 7.07. The van der Waals surface area contributed by atoms with E-state index in [1.54, 1.807) is 7.11 Å². The largest absolute Gasteiger partial charge is 0.494 e. The van der Waals surface area contributed by atoms with Gasteiger partial charge < -0.3 is 10.1 Å². The van der Waals surface area contributed by atoms with E-state index in [0.29, 0.717) is 6.04 Å². The molecule has 2 nitrogen and oxygen atoms in total. The van der Waals surface area contributed by atoms with Crippen LogP contribution in [0.25, 0.3) is 0 Å². The molecular formula is C15H17Br2NOS. The quantitative estimate of drug-likeness (QED) is 0.697. The van der Waals surface area contributed by atoms with Crippen LogP contribution in [-0.4, -0.2) is 7.11 Å². The predicted molar refractivity (Wildman–Crippen MR) is 92.7 cm³/mol. The van der Waals surface area contributed by atoms with E-state index in [-0.39, 0.29) is 0 Å². The molecule has 0 saturated carbocycles. The molecule has 0 saturated heterocycles. The van der Waals surface area contributed by atoms with Crippen molar-refractivity contribution in [2.24, 2.45) is 0 Å². The Morgan fingerprint density at radius 2 is 1.90 bits per heavy atom. The Kier molecular flexibility index (Phi) is 5.66. The monoisotopic (exact) mass is 417 g/mol. The maximum Gasteiger partial charge on any atom is 0.147 e. The SMILES string of the molecule is COc1c(Br)cc(CNC(C)c2ccc(C)s2)cc1Br. The summed E-state index contributed by atoms with van der Waals surface area (Å²) in [4.78, 5) is 2.72. The fourth-order valence-corrected chi connectivity index (χ4v) is 4.48. The molecule has 1 N–H and O–H groups in total. The van der Waals surface area contributed by atoms with Crippen molar-refractivity contribution in [2.45, 2.75) is 26.4 Å². The Morgan fingerprint density at radius 1 is 1.25 bits per heavy atom. The van der Waals surface area contributed by atoms with Gasteiger partial charge in [-0.25, -0.2) is 0 Å². The Bertz CT molecular complexity index is 574. The summed E-state index contributed by atoms with van der Waals surface area (Å²) >= 11 is 8.91. The normalized spacial score (nSPS) is 12.4. The van der Waals surface area contributed by atoms with E-state index in [1.807, 2.05) is 11.3 Å². The second-order valence-electron chi connectivity index (χ2n) is 4.64. The first-order valence-electron chi connectivity index (χ1n) is 6.33. The molecule has 1 heterocycles. The summed E-state index contributed by atoms with van der Waals surface area (Å²) < 4.78 is 7.24. The number of methoxy groups -OCH3 is 1. The van der Waals surface area contributed by atoms with Gasteiger partial charge in [0, 0.05) is 22.3 Å². The molecule has 1 atom stereocenters. The highest BCUT2D eigenvalue weighted by Crippen LogP contribution is 2.34. The van der Waals surface area contributed by atoms with Crippen molar-refractivity contribution < 1.29 is 4.74 Å². The van der Waals surface area contributed by atoms with Crippen LogP contribution >= 0.6 is 43.2 Å². The van der Waals surface area contributed by atoms with E-state index in [1.165, 1.54) is 15.3 Å². The summed E-state index contributed by atoms with van der Waals surface area (Å²) in [6.45, 7) is 5.15. The molecule has 20 heavy (non-hydrogen) atoms. The van der Waals surface area contributed by atoms with Gasteiger partial charge in [0.1, 0.15) is 5.75 Å². The van der Waals surface area contributed by atoms with Gasteiger partial charge in [0.05, 0.1) is 16.1 Å². The smallest absolute Gasteiger partial charge is 0.147 e. The summed E-state index contributed by atoms with van der Waals surface area (Å²) in [5, 5.41) is 3.55. The van der Waals surface area contributed by atoms with Gasteiger partial charge in [0.25, 0.3) is 0 Å². The number of ether oxygens (including phenoxy) is 1. The van der Waals surface area contributed by atoms with E-state index in [9.17, 15) is 0 Å². The summed E-state index contributed by atoms with van der Waals surface area (Å²) in [6.07, 6.45) is 0. The molecular weight excluding hydrogens is 402 g/mol. The van der Waals surface area contributed by atoms with Gasteiger partial charge >= 0.3 is 0 Å². The van der Waals surface area contributed by atoms with Gasteiger partial charge in [-0.2, -0.15) is 0 Å². The molecule has 0 bridgehead atoms. The fraction of sp³-hybridized carbons (Fsp3) is 0.333. The van der Waals surface area contributed by atoms with E-state index in [0.717, 1.165) is 21.2 Å². The molecule has 108 valence electrons. The summed E-state index contributed by atoms with van der Waals surface area (Å²) in [7, 11) is 1.67. The van der Waals surface area contributed by atoms with E-state index < -0.39 is 0 Å². The van der Waals surface area contributed by atoms with E-state index in [4.69, 9.17) is 4.74 Å². The highest BCUT2D eigenvalue weighted by Gasteiger charge is 2.10. The third-order valence-electron chi connectivity index (χ3n) is 3.06. The topological polar surface area (TPSA) is 21.3 Å². The molecule has 2 rings (SSSR count). The molecule has 0 amide bonds. The lowest BCUT2D eigenvalue weighted by Crippen LogP contribution is -2.17. The Labute approximate surface area is 140 Å². The van der Waals surface area contributed by atoms with Gasteiger partial charge in [-0.05, 0) is 75.5 Å². The molecule has 0 spiro atoms. The Hall–Kier alpha value is -0.360. The highest BCUT2D eigenvalue weighted by atomic mass is 79.9. The Balaban J connectivity index is 2.04. The second-order valence-corrected chi connectivity index (χ2v) is 7.67. The molecule has 0 fully saturated rings.